The highest BCUT2D eigenvalue weighted by Gasteiger charge is 2.40. The number of aryl methyl sites for hydroxylation is 1. The maximum atomic E-state index is 14.1. The molecular formula is C29H33FN4O4. The van der Waals surface area contributed by atoms with Crippen LogP contribution in [0, 0.1) is 30.0 Å². The summed E-state index contributed by atoms with van der Waals surface area (Å²) in [5, 5.41) is 13.5. The largest absolute Gasteiger partial charge is 0.378 e. The lowest BCUT2D eigenvalue weighted by atomic mass is 9.91. The van der Waals surface area contributed by atoms with Crippen LogP contribution in [-0.2, 0) is 9.59 Å². The van der Waals surface area contributed by atoms with Gasteiger partial charge < -0.3 is 14.3 Å². The van der Waals surface area contributed by atoms with Gasteiger partial charge in [-0.3, -0.25) is 9.59 Å². The molecule has 1 aromatic heterocycles. The van der Waals surface area contributed by atoms with Gasteiger partial charge in [0.15, 0.2) is 5.75 Å². The fraction of sp³-hybridized carbons (Fsp3) is 0.379. The number of amides is 2. The molecule has 0 aliphatic carbocycles. The third kappa shape index (κ3) is 6.20. The zero-order chi connectivity index (χ0) is 27.8. The number of rotatable bonds is 7. The van der Waals surface area contributed by atoms with E-state index in [1.54, 1.807) is 42.2 Å². The average Bonchev–Trinajstić information content (AvgIpc) is 3.58. The lowest BCUT2D eigenvalue weighted by Crippen LogP contribution is -2.48. The van der Waals surface area contributed by atoms with Crippen molar-refractivity contribution in [2.75, 3.05) is 6.54 Å². The Kier molecular flexibility index (Phi) is 9.61. The number of hydrogen-bond donors (Lipinski definition) is 1. The van der Waals surface area contributed by atoms with Crippen LogP contribution in [0.4, 0.5) is 4.39 Å². The van der Waals surface area contributed by atoms with Gasteiger partial charge in [-0.1, -0.05) is 57.1 Å². The van der Waals surface area contributed by atoms with Gasteiger partial charge in [0.2, 0.25) is 5.91 Å². The van der Waals surface area contributed by atoms with Crippen LogP contribution in [0.3, 0.4) is 0 Å². The molecule has 3 aromatic rings. The van der Waals surface area contributed by atoms with Crippen LogP contribution < -0.4 is 10.3 Å². The maximum Gasteiger partial charge on any atom is 0.275 e. The van der Waals surface area contributed by atoms with Crippen molar-refractivity contribution in [3.05, 3.63) is 71.4 Å². The number of hydroxylamine groups is 1. The van der Waals surface area contributed by atoms with E-state index in [0.29, 0.717) is 42.0 Å². The van der Waals surface area contributed by atoms with Gasteiger partial charge in [-0.25, -0.2) is 4.39 Å². The first-order chi connectivity index (χ1) is 18.3. The molecule has 1 N–H and O–H groups in total. The van der Waals surface area contributed by atoms with Crippen LogP contribution >= 0.6 is 0 Å². The van der Waals surface area contributed by atoms with E-state index in [-0.39, 0.29) is 23.1 Å². The zero-order valence-electron chi connectivity index (χ0n) is 22.3. The summed E-state index contributed by atoms with van der Waals surface area (Å²) in [6, 6.07) is 13.9. The molecule has 0 saturated carbocycles. The molecule has 0 bridgehead atoms. The number of hydrogen-bond acceptors (Lipinski definition) is 6. The third-order valence-corrected chi connectivity index (χ3v) is 6.27. The third-order valence-electron chi connectivity index (χ3n) is 6.27. The summed E-state index contributed by atoms with van der Waals surface area (Å²) in [5.41, 5.74) is 4.07. The Morgan fingerprint density at radius 1 is 1.21 bits per heavy atom. The standard InChI is InChI=1S/C27H27FN4O4.C2H6/c1-16(2)25(24-13-17(3)30-36-24)27(34)32-12-6-9-22(32)26(33)31-35-23-11-10-18(14-19(23)15-29)20-7-4-5-8-21(20)28;1-2/h4-5,7-8,10-11,13-14,16,22,25H,6,9,12H2,1-3H3,(H,31,33);1-2H3. The van der Waals surface area contributed by atoms with E-state index in [0.717, 1.165) is 0 Å². The van der Waals surface area contributed by atoms with Crippen molar-refractivity contribution < 1.29 is 23.3 Å². The zero-order valence-corrected chi connectivity index (χ0v) is 22.3. The van der Waals surface area contributed by atoms with Gasteiger partial charge in [-0.05, 0) is 49.4 Å². The lowest BCUT2D eigenvalue weighted by Gasteiger charge is -2.28. The molecule has 4 rings (SSSR count). The number of halogens is 1. The second-order valence-corrected chi connectivity index (χ2v) is 9.15. The SMILES string of the molecule is CC.Cc1cc(C(C(=O)N2CCCC2C(=O)NOc2ccc(-c3ccccc3F)cc2C#N)C(C)C)on1. The average molecular weight is 521 g/mol. The Morgan fingerprint density at radius 2 is 1.95 bits per heavy atom. The molecule has 2 atom stereocenters. The van der Waals surface area contributed by atoms with E-state index in [4.69, 9.17) is 9.36 Å². The van der Waals surface area contributed by atoms with Crippen molar-refractivity contribution >= 4 is 11.8 Å². The molecule has 38 heavy (non-hydrogen) atoms. The second-order valence-electron chi connectivity index (χ2n) is 9.15. The summed E-state index contributed by atoms with van der Waals surface area (Å²) in [6.45, 7) is 10.1. The fourth-order valence-electron chi connectivity index (χ4n) is 4.49. The fourth-order valence-corrected chi connectivity index (χ4v) is 4.49. The smallest absolute Gasteiger partial charge is 0.275 e. The van der Waals surface area contributed by atoms with Crippen molar-refractivity contribution in [3.63, 3.8) is 0 Å². The second kappa shape index (κ2) is 12.9. The maximum absolute atomic E-state index is 14.1. The van der Waals surface area contributed by atoms with Crippen LogP contribution in [0.25, 0.3) is 11.1 Å². The minimum Gasteiger partial charge on any atom is -0.378 e. The van der Waals surface area contributed by atoms with E-state index in [2.05, 4.69) is 10.6 Å². The minimum absolute atomic E-state index is 0.0587. The molecule has 2 aromatic carbocycles. The van der Waals surface area contributed by atoms with Gasteiger partial charge in [0.25, 0.3) is 5.91 Å². The lowest BCUT2D eigenvalue weighted by molar-refractivity contribution is -0.143. The highest BCUT2D eigenvalue weighted by Crippen LogP contribution is 2.31. The number of aromatic nitrogens is 1. The van der Waals surface area contributed by atoms with E-state index < -0.39 is 23.7 Å². The highest BCUT2D eigenvalue weighted by atomic mass is 19.1. The predicted octanol–water partition coefficient (Wildman–Crippen LogP) is 5.53. The number of benzene rings is 2. The summed E-state index contributed by atoms with van der Waals surface area (Å²) in [4.78, 5) is 33.4. The molecule has 1 aliphatic heterocycles. The first-order valence-corrected chi connectivity index (χ1v) is 12.8. The van der Waals surface area contributed by atoms with E-state index in [1.165, 1.54) is 18.2 Å². The van der Waals surface area contributed by atoms with Crippen molar-refractivity contribution in [1.82, 2.24) is 15.5 Å². The molecule has 0 radical (unpaired) electrons. The summed E-state index contributed by atoms with van der Waals surface area (Å²) in [7, 11) is 0. The van der Waals surface area contributed by atoms with Crippen molar-refractivity contribution in [3.8, 4) is 22.9 Å². The Morgan fingerprint density at radius 3 is 2.58 bits per heavy atom. The van der Waals surface area contributed by atoms with Crippen LogP contribution in [-0.4, -0.2) is 34.5 Å². The normalized spacial score (nSPS) is 15.3. The molecule has 2 amide bonds. The molecular weight excluding hydrogens is 487 g/mol. The number of nitrogens with zero attached hydrogens (tertiary/aromatic N) is 3. The predicted molar refractivity (Wildman–Crippen MR) is 140 cm³/mol. The molecule has 1 aliphatic rings. The van der Waals surface area contributed by atoms with E-state index in [9.17, 15) is 19.2 Å². The van der Waals surface area contributed by atoms with Gasteiger partial charge >= 0.3 is 0 Å². The molecule has 200 valence electrons. The molecule has 1 saturated heterocycles. The molecule has 1 fully saturated rings. The van der Waals surface area contributed by atoms with Gasteiger partial charge in [0.05, 0.1) is 11.3 Å². The monoisotopic (exact) mass is 520 g/mol. The summed E-state index contributed by atoms with van der Waals surface area (Å²) < 4.78 is 19.5. The molecule has 0 spiro atoms. The Labute approximate surface area is 222 Å². The first-order valence-electron chi connectivity index (χ1n) is 12.8. The molecule has 8 nitrogen and oxygen atoms in total. The number of likely N-dealkylation sites (tertiary alicyclic amines) is 1. The quantitative estimate of drug-likeness (QED) is 0.411. The van der Waals surface area contributed by atoms with Crippen LogP contribution in [0.2, 0.25) is 0 Å². The van der Waals surface area contributed by atoms with Gasteiger partial charge in [-0.15, -0.1) is 0 Å². The molecule has 2 heterocycles. The topological polar surface area (TPSA) is 108 Å². The van der Waals surface area contributed by atoms with Gasteiger partial charge in [-0.2, -0.15) is 10.7 Å². The van der Waals surface area contributed by atoms with Gasteiger partial charge in [0.1, 0.15) is 29.6 Å². The molecule has 9 heteroatoms. The first kappa shape index (κ1) is 28.4. The van der Waals surface area contributed by atoms with E-state index >= 15 is 0 Å². The summed E-state index contributed by atoms with van der Waals surface area (Å²) in [5.74, 6) is -1.12. The Balaban J connectivity index is 0.00000195. The van der Waals surface area contributed by atoms with E-state index in [1.807, 2.05) is 33.8 Å². The van der Waals surface area contributed by atoms with Gasteiger partial charge in [0, 0.05) is 18.2 Å². The van der Waals surface area contributed by atoms with Crippen molar-refractivity contribution in [1.29, 1.82) is 5.26 Å². The minimum atomic E-state index is -0.717. The van der Waals surface area contributed by atoms with Crippen molar-refractivity contribution in [2.24, 2.45) is 5.92 Å². The Hall–Kier alpha value is -4.19. The number of carbonyl (C=O) groups excluding carboxylic acids is 2. The Bertz CT molecular complexity index is 1310. The number of carbonyl (C=O) groups is 2. The van der Waals surface area contributed by atoms with Crippen LogP contribution in [0.1, 0.15) is 63.5 Å². The highest BCUT2D eigenvalue weighted by molar-refractivity contribution is 5.90. The number of nitriles is 1. The van der Waals surface area contributed by atoms with Crippen LogP contribution in [0.5, 0.6) is 5.75 Å². The number of nitrogens with one attached hydrogen (secondary N) is 1. The summed E-state index contributed by atoms with van der Waals surface area (Å²) >= 11 is 0. The molecule has 2 unspecified atom stereocenters. The van der Waals surface area contributed by atoms with Crippen LogP contribution in [0.15, 0.2) is 53.1 Å². The summed E-state index contributed by atoms with van der Waals surface area (Å²) in [6.07, 6.45) is 1.16. The van der Waals surface area contributed by atoms with Crippen molar-refractivity contribution in [2.45, 2.75) is 59.4 Å².